The molecule has 23 heavy (non-hydrogen) atoms. The van der Waals surface area contributed by atoms with E-state index in [9.17, 15) is 4.79 Å². The minimum absolute atomic E-state index is 0.141. The van der Waals surface area contributed by atoms with Gasteiger partial charge in [-0.3, -0.25) is 4.79 Å². The first kappa shape index (κ1) is 19.7. The van der Waals surface area contributed by atoms with Gasteiger partial charge in [-0.05, 0) is 45.1 Å². The molecule has 1 amide bonds. The van der Waals surface area contributed by atoms with Crippen molar-refractivity contribution in [2.24, 2.45) is 0 Å². The molecule has 0 aliphatic rings. The molecule has 130 valence electrons. The molecule has 0 aromatic heterocycles. The smallest absolute Gasteiger partial charge is 0.219 e. The minimum atomic E-state index is -0.146. The number of rotatable bonds is 13. The largest absolute Gasteiger partial charge is 0.356 e. The number of aryl methyl sites for hydroxylation is 1. The lowest BCUT2D eigenvalue weighted by Gasteiger charge is -2.16. The second-order valence-electron chi connectivity index (χ2n) is 5.53. The van der Waals surface area contributed by atoms with E-state index < -0.39 is 0 Å². The molecule has 1 rings (SSSR count). The molecule has 0 aliphatic carbocycles. The third-order valence-corrected chi connectivity index (χ3v) is 3.61. The van der Waals surface area contributed by atoms with E-state index in [1.165, 1.54) is 5.56 Å². The van der Waals surface area contributed by atoms with Gasteiger partial charge in [0.25, 0.3) is 0 Å². The predicted octanol–water partition coefficient (Wildman–Crippen LogP) is 3.69. The molecule has 4 nitrogen and oxygen atoms in total. The highest BCUT2D eigenvalue weighted by molar-refractivity contribution is 5.75. The lowest BCUT2D eigenvalue weighted by molar-refractivity contribution is -0.140. The first-order valence-corrected chi connectivity index (χ1v) is 8.80. The SMILES string of the molecule is CCOC(CCCNC(=O)CCCCc1ccccc1)OCC. The van der Waals surface area contributed by atoms with Crippen molar-refractivity contribution in [3.8, 4) is 0 Å². The van der Waals surface area contributed by atoms with E-state index in [4.69, 9.17) is 9.47 Å². The molecule has 1 aromatic rings. The lowest BCUT2D eigenvalue weighted by atomic mass is 10.1. The van der Waals surface area contributed by atoms with Crippen LogP contribution >= 0.6 is 0 Å². The number of hydrogen-bond donors (Lipinski definition) is 1. The second kappa shape index (κ2) is 13.1. The molecule has 1 aromatic carbocycles. The van der Waals surface area contributed by atoms with Crippen LogP contribution in [-0.2, 0) is 20.7 Å². The number of unbranched alkanes of at least 4 members (excludes halogenated alkanes) is 1. The zero-order chi connectivity index (χ0) is 16.8. The molecule has 1 N–H and O–H groups in total. The summed E-state index contributed by atoms with van der Waals surface area (Å²) in [6.45, 7) is 5.91. The van der Waals surface area contributed by atoms with Crippen molar-refractivity contribution in [1.29, 1.82) is 0 Å². The molecule has 0 bridgehead atoms. The normalized spacial score (nSPS) is 10.9. The van der Waals surface area contributed by atoms with Gasteiger partial charge in [-0.2, -0.15) is 0 Å². The van der Waals surface area contributed by atoms with Gasteiger partial charge >= 0.3 is 0 Å². The van der Waals surface area contributed by atoms with Gasteiger partial charge in [0.05, 0.1) is 0 Å². The Morgan fingerprint density at radius 3 is 2.39 bits per heavy atom. The monoisotopic (exact) mass is 321 g/mol. The van der Waals surface area contributed by atoms with Crippen molar-refractivity contribution >= 4 is 5.91 Å². The molecular weight excluding hydrogens is 290 g/mol. The Hall–Kier alpha value is -1.39. The highest BCUT2D eigenvalue weighted by atomic mass is 16.7. The first-order chi connectivity index (χ1) is 11.3. The molecule has 0 spiro atoms. The highest BCUT2D eigenvalue weighted by Gasteiger charge is 2.07. The molecular formula is C19H31NO3. The molecule has 0 radical (unpaired) electrons. The lowest BCUT2D eigenvalue weighted by Crippen LogP contribution is -2.26. The van der Waals surface area contributed by atoms with Crippen molar-refractivity contribution in [2.75, 3.05) is 19.8 Å². The Morgan fingerprint density at radius 2 is 1.74 bits per heavy atom. The molecule has 0 unspecified atom stereocenters. The van der Waals surface area contributed by atoms with Gasteiger partial charge < -0.3 is 14.8 Å². The second-order valence-corrected chi connectivity index (χ2v) is 5.53. The van der Waals surface area contributed by atoms with Crippen molar-refractivity contribution < 1.29 is 14.3 Å². The summed E-state index contributed by atoms with van der Waals surface area (Å²) in [7, 11) is 0. The zero-order valence-electron chi connectivity index (χ0n) is 14.6. The number of amides is 1. The summed E-state index contributed by atoms with van der Waals surface area (Å²) in [5.74, 6) is 0.141. The van der Waals surface area contributed by atoms with Crippen LogP contribution < -0.4 is 5.32 Å². The molecule has 0 saturated carbocycles. The van der Waals surface area contributed by atoms with E-state index in [0.717, 1.165) is 32.1 Å². The molecule has 0 heterocycles. The molecule has 0 saturated heterocycles. The molecule has 0 atom stereocenters. The molecule has 0 fully saturated rings. The molecule has 0 aliphatic heterocycles. The number of ether oxygens (including phenoxy) is 2. The predicted molar refractivity (Wildman–Crippen MR) is 93.3 cm³/mol. The summed E-state index contributed by atoms with van der Waals surface area (Å²) >= 11 is 0. The number of hydrogen-bond acceptors (Lipinski definition) is 3. The van der Waals surface area contributed by atoms with Crippen molar-refractivity contribution in [2.45, 2.75) is 58.7 Å². The van der Waals surface area contributed by atoms with Crippen molar-refractivity contribution in [1.82, 2.24) is 5.32 Å². The number of carbonyl (C=O) groups is 1. The van der Waals surface area contributed by atoms with E-state index in [1.54, 1.807) is 0 Å². The fraction of sp³-hybridized carbons (Fsp3) is 0.632. The summed E-state index contributed by atoms with van der Waals surface area (Å²) in [5, 5.41) is 2.97. The van der Waals surface area contributed by atoms with E-state index >= 15 is 0 Å². The fourth-order valence-electron chi connectivity index (χ4n) is 2.43. The Kier molecular flexibility index (Phi) is 11.2. The maximum Gasteiger partial charge on any atom is 0.219 e. The summed E-state index contributed by atoms with van der Waals surface area (Å²) in [5.41, 5.74) is 1.34. The van der Waals surface area contributed by atoms with Crippen LogP contribution in [0.2, 0.25) is 0 Å². The van der Waals surface area contributed by atoms with Crippen LogP contribution in [0.3, 0.4) is 0 Å². The summed E-state index contributed by atoms with van der Waals surface area (Å²) in [6.07, 6.45) is 5.17. The Morgan fingerprint density at radius 1 is 1.04 bits per heavy atom. The van der Waals surface area contributed by atoms with Gasteiger partial charge in [-0.15, -0.1) is 0 Å². The van der Waals surface area contributed by atoms with Gasteiger partial charge in [-0.25, -0.2) is 0 Å². The Bertz CT molecular complexity index is 402. The average Bonchev–Trinajstić information content (AvgIpc) is 2.57. The third-order valence-electron chi connectivity index (χ3n) is 3.61. The van der Waals surface area contributed by atoms with Crippen molar-refractivity contribution in [3.63, 3.8) is 0 Å². The van der Waals surface area contributed by atoms with E-state index in [2.05, 4.69) is 29.6 Å². The van der Waals surface area contributed by atoms with Gasteiger partial charge in [0, 0.05) is 32.6 Å². The minimum Gasteiger partial charge on any atom is -0.356 e. The topological polar surface area (TPSA) is 47.6 Å². The number of nitrogens with one attached hydrogen (secondary N) is 1. The standard InChI is InChI=1S/C19H31NO3/c1-3-22-19(23-4-2)15-10-16-20-18(21)14-9-8-13-17-11-6-5-7-12-17/h5-7,11-12,19H,3-4,8-10,13-16H2,1-2H3,(H,20,21). The van der Waals surface area contributed by atoms with Crippen molar-refractivity contribution in [3.05, 3.63) is 35.9 Å². The van der Waals surface area contributed by atoms with Crippen LogP contribution in [0.4, 0.5) is 0 Å². The maximum atomic E-state index is 11.8. The quantitative estimate of drug-likeness (QED) is 0.445. The summed E-state index contributed by atoms with van der Waals surface area (Å²) in [4.78, 5) is 11.8. The first-order valence-electron chi connectivity index (χ1n) is 8.80. The highest BCUT2D eigenvalue weighted by Crippen LogP contribution is 2.06. The van der Waals surface area contributed by atoms with Crippen LogP contribution in [0.25, 0.3) is 0 Å². The van der Waals surface area contributed by atoms with Crippen LogP contribution in [0.5, 0.6) is 0 Å². The van der Waals surface area contributed by atoms with E-state index in [-0.39, 0.29) is 12.2 Å². The maximum absolute atomic E-state index is 11.8. The number of carbonyl (C=O) groups excluding carboxylic acids is 1. The third kappa shape index (κ3) is 10.1. The van der Waals surface area contributed by atoms with E-state index in [0.29, 0.717) is 26.2 Å². The van der Waals surface area contributed by atoms with Gasteiger partial charge in [0.15, 0.2) is 6.29 Å². The summed E-state index contributed by atoms with van der Waals surface area (Å²) in [6, 6.07) is 10.4. The van der Waals surface area contributed by atoms with Gasteiger partial charge in [0.2, 0.25) is 5.91 Å². The average molecular weight is 321 g/mol. The van der Waals surface area contributed by atoms with Crippen LogP contribution in [-0.4, -0.2) is 32.0 Å². The van der Waals surface area contributed by atoms with Gasteiger partial charge in [0.1, 0.15) is 0 Å². The Labute approximate surface area is 140 Å². The number of benzene rings is 1. The van der Waals surface area contributed by atoms with Gasteiger partial charge in [-0.1, -0.05) is 30.3 Å². The summed E-state index contributed by atoms with van der Waals surface area (Å²) < 4.78 is 11.0. The fourth-order valence-corrected chi connectivity index (χ4v) is 2.43. The Balaban J connectivity index is 2.01. The van der Waals surface area contributed by atoms with Crippen LogP contribution in [0.15, 0.2) is 30.3 Å². The van der Waals surface area contributed by atoms with Crippen LogP contribution in [0, 0.1) is 0 Å². The molecule has 4 heteroatoms. The van der Waals surface area contributed by atoms with E-state index in [1.807, 2.05) is 19.9 Å². The van der Waals surface area contributed by atoms with Crippen LogP contribution in [0.1, 0.15) is 51.5 Å². The zero-order valence-corrected chi connectivity index (χ0v) is 14.6.